The lowest BCUT2D eigenvalue weighted by Crippen LogP contribution is -2.54. The highest BCUT2D eigenvalue weighted by atomic mass is 35.5. The summed E-state index contributed by atoms with van der Waals surface area (Å²) in [7, 11) is 1.91. The Balaban J connectivity index is 1.83. The van der Waals surface area contributed by atoms with Gasteiger partial charge in [-0.05, 0) is 45.7 Å². The molecule has 2 heterocycles. The largest absolute Gasteiger partial charge is 0.391 e. The molecule has 0 bridgehead atoms. The SMILES string of the molecule is Cc1nn(C)c(CC(O)C2(N3CCCC3)CCCC2)c1Cl. The lowest BCUT2D eigenvalue weighted by atomic mass is 9.85. The van der Waals surface area contributed by atoms with Crippen molar-refractivity contribution in [1.29, 1.82) is 0 Å². The van der Waals surface area contributed by atoms with E-state index in [1.807, 2.05) is 18.7 Å². The molecule has 1 aromatic rings. The smallest absolute Gasteiger partial charge is 0.0847 e. The van der Waals surface area contributed by atoms with Gasteiger partial charge in [-0.3, -0.25) is 9.58 Å². The summed E-state index contributed by atoms with van der Waals surface area (Å²) in [5.41, 5.74) is 1.79. The molecular weight excluding hydrogens is 286 g/mol. The van der Waals surface area contributed by atoms with Gasteiger partial charge in [0.05, 0.1) is 22.5 Å². The van der Waals surface area contributed by atoms with Gasteiger partial charge in [-0.1, -0.05) is 24.4 Å². The second-order valence-corrected chi connectivity index (χ2v) is 7.07. The first-order chi connectivity index (χ1) is 10.0. The van der Waals surface area contributed by atoms with Crippen molar-refractivity contribution in [2.45, 2.75) is 63.5 Å². The van der Waals surface area contributed by atoms with Crippen LogP contribution in [0.4, 0.5) is 0 Å². The highest BCUT2D eigenvalue weighted by molar-refractivity contribution is 6.31. The Morgan fingerprint density at radius 1 is 1.24 bits per heavy atom. The molecule has 2 aliphatic rings. The van der Waals surface area contributed by atoms with Crippen molar-refractivity contribution in [3.8, 4) is 0 Å². The molecule has 0 aromatic carbocycles. The molecule has 1 atom stereocenters. The predicted octanol–water partition coefficient (Wildman–Crippen LogP) is 2.69. The van der Waals surface area contributed by atoms with Crippen LogP contribution in [-0.2, 0) is 13.5 Å². The number of likely N-dealkylation sites (tertiary alicyclic amines) is 1. The fraction of sp³-hybridized carbons (Fsp3) is 0.812. The van der Waals surface area contributed by atoms with E-state index >= 15 is 0 Å². The van der Waals surface area contributed by atoms with Crippen LogP contribution in [0.3, 0.4) is 0 Å². The molecule has 4 nitrogen and oxygen atoms in total. The van der Waals surface area contributed by atoms with E-state index in [0.29, 0.717) is 11.4 Å². The van der Waals surface area contributed by atoms with Crippen LogP contribution in [0.25, 0.3) is 0 Å². The van der Waals surface area contributed by atoms with Crippen LogP contribution in [0.1, 0.15) is 49.9 Å². The summed E-state index contributed by atoms with van der Waals surface area (Å²) in [6.45, 7) is 4.19. The summed E-state index contributed by atoms with van der Waals surface area (Å²) in [6, 6.07) is 0. The summed E-state index contributed by atoms with van der Waals surface area (Å²) in [5.74, 6) is 0. The van der Waals surface area contributed by atoms with E-state index < -0.39 is 0 Å². The average Bonchev–Trinajstić information content (AvgIpc) is 3.16. The lowest BCUT2D eigenvalue weighted by molar-refractivity contribution is -0.0180. The fourth-order valence-electron chi connectivity index (χ4n) is 4.28. The second-order valence-electron chi connectivity index (χ2n) is 6.69. The van der Waals surface area contributed by atoms with Gasteiger partial charge in [-0.15, -0.1) is 0 Å². The van der Waals surface area contributed by atoms with E-state index in [-0.39, 0.29) is 11.6 Å². The first-order valence-corrected chi connectivity index (χ1v) is 8.53. The van der Waals surface area contributed by atoms with Crippen molar-refractivity contribution in [3.63, 3.8) is 0 Å². The van der Waals surface area contributed by atoms with Crippen molar-refractivity contribution >= 4 is 11.6 Å². The van der Waals surface area contributed by atoms with Gasteiger partial charge in [0.25, 0.3) is 0 Å². The fourth-order valence-corrected chi connectivity index (χ4v) is 4.52. The number of aromatic nitrogens is 2. The Kier molecular flexibility index (Phi) is 4.30. The number of aliphatic hydroxyl groups is 1. The first kappa shape index (κ1) is 15.3. The number of aliphatic hydroxyl groups excluding tert-OH is 1. The molecule has 0 radical (unpaired) electrons. The Labute approximate surface area is 132 Å². The van der Waals surface area contributed by atoms with E-state index in [1.54, 1.807) is 0 Å². The number of halogens is 1. The zero-order chi connectivity index (χ0) is 15.0. The molecule has 1 aliphatic carbocycles. The third-order valence-electron chi connectivity index (χ3n) is 5.47. The molecule has 118 valence electrons. The Bertz CT molecular complexity index is 502. The molecule has 2 fully saturated rings. The molecule has 0 spiro atoms. The first-order valence-electron chi connectivity index (χ1n) is 8.16. The van der Waals surface area contributed by atoms with E-state index in [2.05, 4.69) is 10.00 Å². The van der Waals surface area contributed by atoms with E-state index in [1.165, 1.54) is 25.7 Å². The minimum atomic E-state index is -0.356. The molecule has 1 saturated carbocycles. The van der Waals surface area contributed by atoms with Crippen LogP contribution >= 0.6 is 11.6 Å². The number of nitrogens with zero attached hydrogens (tertiary/aromatic N) is 3. The standard InChI is InChI=1S/C16H26ClN3O/c1-12-15(17)13(19(2)18-12)11-14(21)16(7-3-4-8-16)20-9-5-6-10-20/h14,21H,3-11H2,1-2H3. The van der Waals surface area contributed by atoms with Gasteiger partial charge in [0, 0.05) is 19.0 Å². The van der Waals surface area contributed by atoms with Crippen molar-refractivity contribution < 1.29 is 5.11 Å². The third kappa shape index (κ3) is 2.62. The highest BCUT2D eigenvalue weighted by Crippen LogP contribution is 2.41. The number of rotatable bonds is 4. The van der Waals surface area contributed by atoms with Crippen LogP contribution in [0.15, 0.2) is 0 Å². The Morgan fingerprint density at radius 2 is 1.86 bits per heavy atom. The maximum absolute atomic E-state index is 11.0. The Hall–Kier alpha value is -0.580. The van der Waals surface area contributed by atoms with Crippen LogP contribution < -0.4 is 0 Å². The molecule has 1 aromatic heterocycles. The molecule has 3 rings (SSSR count). The summed E-state index contributed by atoms with van der Waals surface area (Å²) in [6.07, 6.45) is 7.46. The molecule has 1 N–H and O–H groups in total. The quantitative estimate of drug-likeness (QED) is 0.929. The minimum Gasteiger partial charge on any atom is -0.391 e. The van der Waals surface area contributed by atoms with Gasteiger partial charge in [0.1, 0.15) is 0 Å². The van der Waals surface area contributed by atoms with Crippen molar-refractivity contribution in [3.05, 3.63) is 16.4 Å². The van der Waals surface area contributed by atoms with Gasteiger partial charge in [0.15, 0.2) is 0 Å². The maximum Gasteiger partial charge on any atom is 0.0847 e. The van der Waals surface area contributed by atoms with Gasteiger partial charge in [-0.25, -0.2) is 0 Å². The van der Waals surface area contributed by atoms with Crippen molar-refractivity contribution in [2.24, 2.45) is 7.05 Å². The zero-order valence-corrected chi connectivity index (χ0v) is 13.9. The van der Waals surface area contributed by atoms with Crippen LogP contribution in [0.5, 0.6) is 0 Å². The Morgan fingerprint density at radius 3 is 2.38 bits per heavy atom. The average molecular weight is 312 g/mol. The molecule has 1 saturated heterocycles. The second kappa shape index (κ2) is 5.90. The van der Waals surface area contributed by atoms with Crippen LogP contribution in [0, 0.1) is 6.92 Å². The summed E-state index contributed by atoms with van der Waals surface area (Å²) in [4.78, 5) is 2.54. The van der Waals surface area contributed by atoms with Gasteiger partial charge < -0.3 is 5.11 Å². The summed E-state index contributed by atoms with van der Waals surface area (Å²) < 4.78 is 1.83. The molecule has 1 unspecified atom stereocenters. The number of hydrogen-bond donors (Lipinski definition) is 1. The lowest BCUT2D eigenvalue weighted by Gasteiger charge is -2.42. The summed E-state index contributed by atoms with van der Waals surface area (Å²) >= 11 is 6.36. The van der Waals surface area contributed by atoms with Crippen LogP contribution in [-0.4, -0.2) is 44.5 Å². The number of aryl methyl sites for hydroxylation is 2. The van der Waals surface area contributed by atoms with Crippen molar-refractivity contribution in [1.82, 2.24) is 14.7 Å². The molecule has 0 amide bonds. The maximum atomic E-state index is 11.0. The van der Waals surface area contributed by atoms with E-state index in [9.17, 15) is 5.11 Å². The van der Waals surface area contributed by atoms with Gasteiger partial charge >= 0.3 is 0 Å². The zero-order valence-electron chi connectivity index (χ0n) is 13.1. The number of hydrogen-bond acceptors (Lipinski definition) is 3. The normalized spacial score (nSPS) is 23.8. The highest BCUT2D eigenvalue weighted by Gasteiger charge is 2.46. The predicted molar refractivity (Wildman–Crippen MR) is 84.7 cm³/mol. The topological polar surface area (TPSA) is 41.3 Å². The minimum absolute atomic E-state index is 0.0298. The molecule has 5 heteroatoms. The van der Waals surface area contributed by atoms with Crippen molar-refractivity contribution in [2.75, 3.05) is 13.1 Å². The molecular formula is C16H26ClN3O. The van der Waals surface area contributed by atoms with Gasteiger partial charge in [-0.2, -0.15) is 5.10 Å². The monoisotopic (exact) mass is 311 g/mol. The third-order valence-corrected chi connectivity index (χ3v) is 5.97. The molecule has 1 aliphatic heterocycles. The molecule has 21 heavy (non-hydrogen) atoms. The van der Waals surface area contributed by atoms with Gasteiger partial charge in [0.2, 0.25) is 0 Å². The van der Waals surface area contributed by atoms with E-state index in [0.717, 1.165) is 37.3 Å². The summed E-state index contributed by atoms with van der Waals surface area (Å²) in [5, 5.41) is 16.1. The van der Waals surface area contributed by atoms with E-state index in [4.69, 9.17) is 11.6 Å². The van der Waals surface area contributed by atoms with Crippen LogP contribution in [0.2, 0.25) is 5.02 Å².